The van der Waals surface area contributed by atoms with E-state index in [-0.39, 0.29) is 23.7 Å². The van der Waals surface area contributed by atoms with Gasteiger partial charge in [0.05, 0.1) is 12.2 Å². The number of benzene rings is 1. The summed E-state index contributed by atoms with van der Waals surface area (Å²) in [6.07, 6.45) is 2.01. The van der Waals surface area contributed by atoms with Gasteiger partial charge in [-0.2, -0.15) is 0 Å². The molecular formula is C19H22FN3O2. The van der Waals surface area contributed by atoms with Crippen molar-refractivity contribution in [3.05, 3.63) is 53.6 Å². The molecule has 2 heterocycles. The molecule has 1 saturated heterocycles. The smallest absolute Gasteiger partial charge is 0.267 e. The molecule has 2 aromatic rings. The van der Waals surface area contributed by atoms with Gasteiger partial charge in [0.25, 0.3) is 5.91 Å². The molecule has 6 heteroatoms. The summed E-state index contributed by atoms with van der Waals surface area (Å²) < 4.78 is 19.0. The van der Waals surface area contributed by atoms with Gasteiger partial charge in [0.1, 0.15) is 11.5 Å². The molecule has 3 rings (SSSR count). The normalized spacial score (nSPS) is 21.2. The van der Waals surface area contributed by atoms with Crippen LogP contribution in [-0.4, -0.2) is 41.1 Å². The number of carbonyl (C=O) groups is 1. The molecule has 1 aromatic heterocycles. The second kappa shape index (κ2) is 7.29. The molecule has 5 nitrogen and oxygen atoms in total. The number of morpholine rings is 1. The highest BCUT2D eigenvalue weighted by atomic mass is 19.1. The summed E-state index contributed by atoms with van der Waals surface area (Å²) in [5.41, 5.74) is 8.21. The number of carbonyl (C=O) groups excluding carboxylic acids is 1. The summed E-state index contributed by atoms with van der Waals surface area (Å²) in [4.78, 5) is 18.0. The molecule has 25 heavy (non-hydrogen) atoms. The summed E-state index contributed by atoms with van der Waals surface area (Å²) in [5, 5.41) is 0. The highest BCUT2D eigenvalue weighted by molar-refractivity contribution is 5.92. The van der Waals surface area contributed by atoms with Crippen LogP contribution in [0.15, 0.2) is 36.5 Å². The van der Waals surface area contributed by atoms with Gasteiger partial charge in [-0.15, -0.1) is 0 Å². The summed E-state index contributed by atoms with van der Waals surface area (Å²) >= 11 is 0. The van der Waals surface area contributed by atoms with Crippen molar-refractivity contribution in [3.63, 3.8) is 0 Å². The zero-order chi connectivity index (χ0) is 18.0. The molecule has 2 atom stereocenters. The summed E-state index contributed by atoms with van der Waals surface area (Å²) in [5.74, 6) is -0.881. The number of nitrogens with zero attached hydrogens (tertiary/aromatic N) is 2. The first-order chi connectivity index (χ1) is 11.9. The fourth-order valence-electron chi connectivity index (χ4n) is 3.30. The van der Waals surface area contributed by atoms with Gasteiger partial charge in [-0.05, 0) is 48.7 Å². The minimum Gasteiger partial charge on any atom is -0.373 e. The average molecular weight is 343 g/mol. The van der Waals surface area contributed by atoms with Gasteiger partial charge in [-0.1, -0.05) is 12.1 Å². The van der Waals surface area contributed by atoms with E-state index in [1.807, 2.05) is 0 Å². The van der Waals surface area contributed by atoms with Gasteiger partial charge in [0.2, 0.25) is 0 Å². The third kappa shape index (κ3) is 4.21. The minimum absolute atomic E-state index is 0.163. The zero-order valence-electron chi connectivity index (χ0n) is 14.4. The fourth-order valence-corrected chi connectivity index (χ4v) is 3.30. The van der Waals surface area contributed by atoms with Gasteiger partial charge in [0, 0.05) is 25.8 Å². The van der Waals surface area contributed by atoms with Crippen LogP contribution in [0.3, 0.4) is 0 Å². The van der Waals surface area contributed by atoms with Crippen LogP contribution in [0.5, 0.6) is 0 Å². The van der Waals surface area contributed by atoms with Gasteiger partial charge < -0.3 is 10.5 Å². The highest BCUT2D eigenvalue weighted by Gasteiger charge is 2.23. The number of rotatable bonds is 4. The first-order valence-electron chi connectivity index (χ1n) is 8.35. The van der Waals surface area contributed by atoms with E-state index >= 15 is 0 Å². The molecule has 0 saturated carbocycles. The van der Waals surface area contributed by atoms with Crippen LogP contribution in [0.1, 0.15) is 29.9 Å². The van der Waals surface area contributed by atoms with Crippen molar-refractivity contribution in [1.29, 1.82) is 0 Å². The van der Waals surface area contributed by atoms with Gasteiger partial charge in [0.15, 0.2) is 0 Å². The van der Waals surface area contributed by atoms with E-state index in [1.165, 1.54) is 12.1 Å². The quantitative estimate of drug-likeness (QED) is 0.926. The Morgan fingerprint density at radius 2 is 1.92 bits per heavy atom. The van der Waals surface area contributed by atoms with Crippen molar-refractivity contribution in [1.82, 2.24) is 9.88 Å². The molecule has 1 aromatic carbocycles. The Bertz CT molecular complexity index is 754. The average Bonchev–Trinajstić information content (AvgIpc) is 2.55. The Balaban J connectivity index is 1.95. The molecule has 0 radical (unpaired) electrons. The number of ether oxygens (including phenoxy) is 1. The van der Waals surface area contributed by atoms with Gasteiger partial charge in [-0.25, -0.2) is 4.39 Å². The lowest BCUT2D eigenvalue weighted by atomic mass is 9.99. The molecule has 1 aliphatic rings. The first-order valence-corrected chi connectivity index (χ1v) is 8.35. The van der Waals surface area contributed by atoms with E-state index < -0.39 is 5.91 Å². The van der Waals surface area contributed by atoms with Crippen LogP contribution in [0.2, 0.25) is 0 Å². The molecule has 132 valence electrons. The summed E-state index contributed by atoms with van der Waals surface area (Å²) in [6, 6.07) is 7.88. The second-order valence-corrected chi connectivity index (χ2v) is 6.55. The number of primary amides is 1. The Labute approximate surface area is 146 Å². The number of pyridine rings is 1. The molecule has 0 bridgehead atoms. The lowest BCUT2D eigenvalue weighted by molar-refractivity contribution is -0.0704. The monoisotopic (exact) mass is 343 g/mol. The lowest BCUT2D eigenvalue weighted by Gasteiger charge is -2.35. The standard InChI is InChI=1S/C19H22FN3O2/c1-12-9-23(10-13(2)25-12)11-15-8-22-18(19(21)24)7-17(15)14-3-5-16(20)6-4-14/h3-8,12-13H,9-11H2,1-2H3,(H2,21,24)/t12-,13+. The molecule has 2 N–H and O–H groups in total. The zero-order valence-corrected chi connectivity index (χ0v) is 14.4. The Kier molecular flexibility index (Phi) is 5.11. The van der Waals surface area contributed by atoms with E-state index in [2.05, 4.69) is 23.7 Å². The van der Waals surface area contributed by atoms with Crippen LogP contribution in [0.25, 0.3) is 11.1 Å². The number of halogens is 1. The second-order valence-electron chi connectivity index (χ2n) is 6.55. The van der Waals surface area contributed by atoms with E-state index in [0.29, 0.717) is 6.54 Å². The van der Waals surface area contributed by atoms with Crippen LogP contribution in [0, 0.1) is 5.82 Å². The van der Waals surface area contributed by atoms with Crippen molar-refractivity contribution in [2.24, 2.45) is 5.73 Å². The number of nitrogens with two attached hydrogens (primary N) is 1. The third-order valence-electron chi connectivity index (χ3n) is 4.28. The first kappa shape index (κ1) is 17.5. The lowest BCUT2D eigenvalue weighted by Crippen LogP contribution is -2.44. The van der Waals surface area contributed by atoms with E-state index in [1.54, 1.807) is 24.4 Å². The van der Waals surface area contributed by atoms with E-state index in [4.69, 9.17) is 10.5 Å². The molecule has 0 unspecified atom stereocenters. The van der Waals surface area contributed by atoms with Crippen LogP contribution in [0.4, 0.5) is 4.39 Å². The van der Waals surface area contributed by atoms with Gasteiger partial charge >= 0.3 is 0 Å². The van der Waals surface area contributed by atoms with Crippen LogP contribution >= 0.6 is 0 Å². The number of aromatic nitrogens is 1. The summed E-state index contributed by atoms with van der Waals surface area (Å²) in [6.45, 7) is 6.43. The maximum absolute atomic E-state index is 13.3. The van der Waals surface area contributed by atoms with Crippen LogP contribution < -0.4 is 5.73 Å². The Morgan fingerprint density at radius 3 is 2.52 bits per heavy atom. The van der Waals surface area contributed by atoms with Crippen molar-refractivity contribution >= 4 is 5.91 Å². The maximum atomic E-state index is 13.3. The third-order valence-corrected chi connectivity index (χ3v) is 4.28. The van der Waals surface area contributed by atoms with Crippen molar-refractivity contribution < 1.29 is 13.9 Å². The number of hydrogen-bond acceptors (Lipinski definition) is 4. The number of amides is 1. The van der Waals surface area contributed by atoms with Gasteiger partial charge in [-0.3, -0.25) is 14.7 Å². The molecule has 1 fully saturated rings. The van der Waals surface area contributed by atoms with Crippen LogP contribution in [-0.2, 0) is 11.3 Å². The predicted molar refractivity (Wildman–Crippen MR) is 93.4 cm³/mol. The van der Waals surface area contributed by atoms with E-state index in [9.17, 15) is 9.18 Å². The molecule has 0 aliphatic carbocycles. The molecule has 0 spiro atoms. The Hall–Kier alpha value is -2.31. The summed E-state index contributed by atoms with van der Waals surface area (Å²) in [7, 11) is 0. The topological polar surface area (TPSA) is 68.5 Å². The van der Waals surface area contributed by atoms with Crippen molar-refractivity contribution in [3.8, 4) is 11.1 Å². The fraction of sp³-hybridized carbons (Fsp3) is 0.368. The van der Waals surface area contributed by atoms with Crippen molar-refractivity contribution in [2.45, 2.75) is 32.6 Å². The SMILES string of the molecule is C[C@@H]1CN(Cc2cnc(C(N)=O)cc2-c2ccc(F)cc2)C[C@H](C)O1. The highest BCUT2D eigenvalue weighted by Crippen LogP contribution is 2.26. The minimum atomic E-state index is -0.580. The molecular weight excluding hydrogens is 321 g/mol. The largest absolute Gasteiger partial charge is 0.373 e. The van der Waals surface area contributed by atoms with Crippen molar-refractivity contribution in [2.75, 3.05) is 13.1 Å². The Morgan fingerprint density at radius 1 is 1.28 bits per heavy atom. The molecule has 1 amide bonds. The maximum Gasteiger partial charge on any atom is 0.267 e. The molecule has 1 aliphatic heterocycles. The number of hydrogen-bond donors (Lipinski definition) is 1. The predicted octanol–water partition coefficient (Wildman–Crippen LogP) is 2.60. The van der Waals surface area contributed by atoms with E-state index in [0.717, 1.165) is 29.8 Å².